The Morgan fingerprint density at radius 3 is 2.52 bits per heavy atom. The van der Waals surface area contributed by atoms with E-state index in [1.165, 1.54) is 16.8 Å². The lowest BCUT2D eigenvalue weighted by Crippen LogP contribution is -2.31. The summed E-state index contributed by atoms with van der Waals surface area (Å²) in [7, 11) is 0. The van der Waals surface area contributed by atoms with Crippen LogP contribution in [0.3, 0.4) is 0 Å². The highest BCUT2D eigenvalue weighted by atomic mass is 79.9. The van der Waals surface area contributed by atoms with Crippen molar-refractivity contribution in [1.29, 1.82) is 0 Å². The predicted octanol–water partition coefficient (Wildman–Crippen LogP) is 4.10. The molecule has 27 heavy (non-hydrogen) atoms. The predicted molar refractivity (Wildman–Crippen MR) is 106 cm³/mol. The van der Waals surface area contributed by atoms with Crippen molar-refractivity contribution in [2.45, 2.75) is 6.54 Å². The van der Waals surface area contributed by atoms with Crippen LogP contribution in [-0.2, 0) is 6.54 Å². The minimum Gasteiger partial charge on any atom is -0.317 e. The van der Waals surface area contributed by atoms with Gasteiger partial charge in [-0.1, -0.05) is 28.1 Å². The maximum absolute atomic E-state index is 13.3. The SMILES string of the molecule is O=c1c2cccnc2nc(-c2ccc(F)cc2)n1NCc1ccc(Br)cc1. The van der Waals surface area contributed by atoms with Crippen LogP contribution in [0.25, 0.3) is 22.4 Å². The number of nitrogens with one attached hydrogen (secondary N) is 1. The maximum Gasteiger partial charge on any atom is 0.281 e. The fourth-order valence-electron chi connectivity index (χ4n) is 2.73. The average molecular weight is 425 g/mol. The first-order valence-corrected chi connectivity index (χ1v) is 9.03. The topological polar surface area (TPSA) is 59.8 Å². The van der Waals surface area contributed by atoms with Crippen molar-refractivity contribution < 1.29 is 4.39 Å². The number of rotatable bonds is 4. The molecule has 5 nitrogen and oxygen atoms in total. The van der Waals surface area contributed by atoms with Crippen molar-refractivity contribution in [1.82, 2.24) is 14.6 Å². The molecule has 4 aromatic rings. The Hall–Kier alpha value is -3.06. The van der Waals surface area contributed by atoms with Crippen LogP contribution in [0.2, 0.25) is 0 Å². The van der Waals surface area contributed by atoms with Crippen LogP contribution >= 0.6 is 15.9 Å². The molecule has 0 aliphatic rings. The molecule has 0 bridgehead atoms. The zero-order valence-corrected chi connectivity index (χ0v) is 15.6. The van der Waals surface area contributed by atoms with E-state index in [-0.39, 0.29) is 11.4 Å². The molecule has 0 aliphatic heterocycles. The second-order valence-corrected chi connectivity index (χ2v) is 6.83. The number of halogens is 2. The quantitative estimate of drug-likeness (QED) is 0.535. The molecule has 0 fully saturated rings. The highest BCUT2D eigenvalue weighted by Crippen LogP contribution is 2.18. The number of fused-ring (bicyclic) bond motifs is 1. The fourth-order valence-corrected chi connectivity index (χ4v) is 3.00. The third-order valence-electron chi connectivity index (χ3n) is 4.10. The molecule has 4 rings (SSSR count). The van der Waals surface area contributed by atoms with E-state index in [1.807, 2.05) is 24.3 Å². The Morgan fingerprint density at radius 1 is 1.04 bits per heavy atom. The zero-order chi connectivity index (χ0) is 18.8. The Kier molecular flexibility index (Phi) is 4.68. The second kappa shape index (κ2) is 7.28. The van der Waals surface area contributed by atoms with E-state index < -0.39 is 0 Å². The molecule has 2 aromatic carbocycles. The van der Waals surface area contributed by atoms with Crippen molar-refractivity contribution in [2.75, 3.05) is 5.43 Å². The van der Waals surface area contributed by atoms with Gasteiger partial charge >= 0.3 is 0 Å². The van der Waals surface area contributed by atoms with Crippen molar-refractivity contribution in [3.63, 3.8) is 0 Å². The van der Waals surface area contributed by atoms with Crippen molar-refractivity contribution in [2.24, 2.45) is 0 Å². The van der Waals surface area contributed by atoms with Crippen LogP contribution in [-0.4, -0.2) is 14.6 Å². The number of benzene rings is 2. The van der Waals surface area contributed by atoms with Crippen LogP contribution in [0, 0.1) is 5.82 Å². The molecule has 0 amide bonds. The third kappa shape index (κ3) is 3.59. The van der Waals surface area contributed by atoms with Crippen molar-refractivity contribution in [3.05, 3.63) is 93.1 Å². The third-order valence-corrected chi connectivity index (χ3v) is 4.63. The van der Waals surface area contributed by atoms with Gasteiger partial charge in [0.25, 0.3) is 5.56 Å². The van der Waals surface area contributed by atoms with E-state index in [0.717, 1.165) is 10.0 Å². The lowest BCUT2D eigenvalue weighted by Gasteiger charge is -2.15. The normalized spacial score (nSPS) is 10.9. The average Bonchev–Trinajstić information content (AvgIpc) is 2.69. The van der Waals surface area contributed by atoms with Crippen LogP contribution < -0.4 is 11.0 Å². The number of pyridine rings is 1. The van der Waals surface area contributed by atoms with Crippen LogP contribution in [0.15, 0.2) is 76.1 Å². The summed E-state index contributed by atoms with van der Waals surface area (Å²) in [6.07, 6.45) is 1.59. The summed E-state index contributed by atoms with van der Waals surface area (Å²) in [6, 6.07) is 17.0. The largest absolute Gasteiger partial charge is 0.317 e. The fraction of sp³-hybridized carbons (Fsp3) is 0.0500. The van der Waals surface area contributed by atoms with Crippen LogP contribution in [0.1, 0.15) is 5.56 Å². The van der Waals surface area contributed by atoms with E-state index in [9.17, 15) is 9.18 Å². The summed E-state index contributed by atoms with van der Waals surface area (Å²) in [6.45, 7) is 0.425. The molecule has 0 radical (unpaired) electrons. The lowest BCUT2D eigenvalue weighted by molar-refractivity contribution is 0.628. The molecule has 2 aromatic heterocycles. The van der Waals surface area contributed by atoms with Gasteiger partial charge < -0.3 is 5.43 Å². The Balaban J connectivity index is 1.82. The monoisotopic (exact) mass is 424 g/mol. The van der Waals surface area contributed by atoms with Gasteiger partial charge in [0.15, 0.2) is 11.5 Å². The van der Waals surface area contributed by atoms with E-state index in [2.05, 4.69) is 31.3 Å². The summed E-state index contributed by atoms with van der Waals surface area (Å²) in [5.41, 5.74) is 4.83. The summed E-state index contributed by atoms with van der Waals surface area (Å²) in [5, 5.41) is 0.409. The Labute approximate surface area is 162 Å². The molecular formula is C20H14BrFN4O. The summed E-state index contributed by atoms with van der Waals surface area (Å²) >= 11 is 3.41. The van der Waals surface area contributed by atoms with Crippen molar-refractivity contribution >= 4 is 27.0 Å². The molecule has 0 saturated carbocycles. The molecule has 0 saturated heterocycles. The van der Waals surface area contributed by atoms with Gasteiger partial charge in [-0.15, -0.1) is 0 Å². The molecule has 0 unspecified atom stereocenters. The first-order chi connectivity index (χ1) is 13.1. The molecule has 0 spiro atoms. The van der Waals surface area contributed by atoms with E-state index in [1.54, 1.807) is 30.5 Å². The smallest absolute Gasteiger partial charge is 0.281 e. The molecule has 0 aliphatic carbocycles. The lowest BCUT2D eigenvalue weighted by atomic mass is 10.2. The number of hydrogen-bond acceptors (Lipinski definition) is 4. The first kappa shape index (κ1) is 17.4. The van der Waals surface area contributed by atoms with Gasteiger partial charge in [-0.3, -0.25) is 4.79 Å². The zero-order valence-electron chi connectivity index (χ0n) is 14.1. The molecular weight excluding hydrogens is 411 g/mol. The molecule has 134 valence electrons. The Morgan fingerprint density at radius 2 is 1.78 bits per heavy atom. The van der Waals surface area contributed by atoms with Gasteiger partial charge in [0.05, 0.1) is 11.9 Å². The van der Waals surface area contributed by atoms with Gasteiger partial charge in [-0.2, -0.15) is 0 Å². The number of aromatic nitrogens is 3. The summed E-state index contributed by atoms with van der Waals surface area (Å²) in [4.78, 5) is 21.7. The minimum atomic E-state index is -0.352. The Bertz CT molecular complexity index is 1160. The van der Waals surface area contributed by atoms with Crippen LogP contribution in [0.5, 0.6) is 0 Å². The number of nitrogens with zero attached hydrogens (tertiary/aromatic N) is 3. The van der Waals surface area contributed by atoms with Gasteiger partial charge in [0.2, 0.25) is 0 Å². The standard InChI is InChI=1S/C20H14BrFN4O/c21-15-7-3-13(4-8-15)12-24-26-19(14-5-9-16(22)10-6-14)25-18-17(20(26)27)2-1-11-23-18/h1-11,24H,12H2. The summed E-state index contributed by atoms with van der Waals surface area (Å²) in [5.74, 6) is 0.0256. The van der Waals surface area contributed by atoms with E-state index in [0.29, 0.717) is 29.0 Å². The molecule has 2 heterocycles. The van der Waals surface area contributed by atoms with Crippen LogP contribution in [0.4, 0.5) is 4.39 Å². The highest BCUT2D eigenvalue weighted by Gasteiger charge is 2.13. The van der Waals surface area contributed by atoms with Gasteiger partial charge in [-0.05, 0) is 54.1 Å². The number of hydrogen-bond donors (Lipinski definition) is 1. The van der Waals surface area contributed by atoms with Crippen molar-refractivity contribution in [3.8, 4) is 11.4 Å². The summed E-state index contributed by atoms with van der Waals surface area (Å²) < 4.78 is 15.7. The first-order valence-electron chi connectivity index (χ1n) is 8.24. The highest BCUT2D eigenvalue weighted by molar-refractivity contribution is 9.10. The minimum absolute atomic E-state index is 0.260. The van der Waals surface area contributed by atoms with E-state index >= 15 is 0 Å². The van der Waals surface area contributed by atoms with Gasteiger partial charge in [0.1, 0.15) is 5.82 Å². The molecule has 7 heteroatoms. The van der Waals surface area contributed by atoms with E-state index in [4.69, 9.17) is 0 Å². The molecule has 0 atom stereocenters. The maximum atomic E-state index is 13.3. The van der Waals surface area contributed by atoms with Gasteiger partial charge in [-0.25, -0.2) is 19.0 Å². The molecule has 1 N–H and O–H groups in total. The van der Waals surface area contributed by atoms with Gasteiger partial charge in [0, 0.05) is 16.2 Å². The second-order valence-electron chi connectivity index (χ2n) is 5.92.